The zero-order chi connectivity index (χ0) is 23.2. The van der Waals surface area contributed by atoms with Gasteiger partial charge in [0.15, 0.2) is 22.7 Å². The highest BCUT2D eigenvalue weighted by atomic mass is 35.5. The van der Waals surface area contributed by atoms with Gasteiger partial charge in [0.05, 0.1) is 25.7 Å². The molecule has 0 spiro atoms. The maximum absolute atomic E-state index is 12.4. The molecule has 0 unspecified atom stereocenters. The molecule has 0 bridgehead atoms. The van der Waals surface area contributed by atoms with Crippen molar-refractivity contribution in [1.29, 1.82) is 0 Å². The third-order valence-corrected chi connectivity index (χ3v) is 5.99. The van der Waals surface area contributed by atoms with E-state index in [2.05, 4.69) is 25.6 Å². The summed E-state index contributed by atoms with van der Waals surface area (Å²) in [5.41, 5.74) is 2.85. The summed E-state index contributed by atoms with van der Waals surface area (Å²) in [6.45, 7) is 0.499. The molecule has 4 aromatic rings. The number of nitrogens with zero attached hydrogens (tertiary/aromatic N) is 5. The average Bonchev–Trinajstić information content (AvgIpc) is 3.27. The van der Waals surface area contributed by atoms with Gasteiger partial charge in [0.2, 0.25) is 5.91 Å². The number of hydrogen-bond donors (Lipinski definition) is 1. The van der Waals surface area contributed by atoms with Crippen LogP contribution in [0, 0.1) is 0 Å². The first-order chi connectivity index (χ1) is 16.1. The second-order valence-electron chi connectivity index (χ2n) is 6.91. The van der Waals surface area contributed by atoms with E-state index in [0.29, 0.717) is 45.7 Å². The molecule has 0 aliphatic heterocycles. The summed E-state index contributed by atoms with van der Waals surface area (Å²) in [7, 11) is 3.19. The van der Waals surface area contributed by atoms with Crippen molar-refractivity contribution in [2.75, 3.05) is 26.5 Å². The van der Waals surface area contributed by atoms with Gasteiger partial charge in [-0.3, -0.25) is 4.79 Å². The fourth-order valence-electron chi connectivity index (χ4n) is 3.18. The van der Waals surface area contributed by atoms with Gasteiger partial charge in [-0.2, -0.15) is 4.68 Å². The molecule has 1 amide bonds. The molecule has 0 radical (unpaired) electrons. The predicted octanol–water partition coefficient (Wildman–Crippen LogP) is 3.33. The summed E-state index contributed by atoms with van der Waals surface area (Å²) >= 11 is 7.37. The van der Waals surface area contributed by atoms with Crippen LogP contribution in [0.15, 0.2) is 53.8 Å². The molecule has 0 saturated heterocycles. The molecule has 0 aliphatic rings. The molecule has 0 saturated carbocycles. The fraction of sp³-hybridized carbons (Fsp3) is 0.227. The first-order valence-corrected chi connectivity index (χ1v) is 11.4. The van der Waals surface area contributed by atoms with Gasteiger partial charge < -0.3 is 14.8 Å². The molecule has 9 nitrogen and oxygen atoms in total. The molecule has 1 N–H and O–H groups in total. The Morgan fingerprint density at radius 3 is 2.76 bits per heavy atom. The minimum Gasteiger partial charge on any atom is -0.493 e. The van der Waals surface area contributed by atoms with E-state index >= 15 is 0 Å². The predicted molar refractivity (Wildman–Crippen MR) is 126 cm³/mol. The Balaban J connectivity index is 1.35. The van der Waals surface area contributed by atoms with Crippen molar-refractivity contribution in [1.82, 2.24) is 30.3 Å². The Bertz CT molecular complexity index is 1280. The summed E-state index contributed by atoms with van der Waals surface area (Å²) in [5.74, 6) is 1.43. The number of benzene rings is 2. The van der Waals surface area contributed by atoms with Crippen LogP contribution in [0.4, 0.5) is 0 Å². The zero-order valence-corrected chi connectivity index (χ0v) is 19.6. The first-order valence-electron chi connectivity index (χ1n) is 10.0. The Labute approximate surface area is 199 Å². The zero-order valence-electron chi connectivity index (χ0n) is 18.0. The van der Waals surface area contributed by atoms with Gasteiger partial charge >= 0.3 is 0 Å². The van der Waals surface area contributed by atoms with E-state index in [-0.39, 0.29) is 11.7 Å². The summed E-state index contributed by atoms with van der Waals surface area (Å²) in [6, 6.07) is 12.9. The van der Waals surface area contributed by atoms with Gasteiger partial charge in [-0.15, -0.1) is 5.10 Å². The average molecular weight is 485 g/mol. The maximum Gasteiger partial charge on any atom is 0.230 e. The van der Waals surface area contributed by atoms with E-state index in [4.69, 9.17) is 21.1 Å². The minimum absolute atomic E-state index is 0.102. The summed E-state index contributed by atoms with van der Waals surface area (Å²) in [4.78, 5) is 20.9. The topological polar surface area (TPSA) is 104 Å². The normalized spacial score (nSPS) is 10.9. The van der Waals surface area contributed by atoms with Crippen molar-refractivity contribution in [2.24, 2.45) is 0 Å². The summed E-state index contributed by atoms with van der Waals surface area (Å²) in [5, 5.41) is 12.5. The number of hydrogen-bond acceptors (Lipinski definition) is 8. The van der Waals surface area contributed by atoms with E-state index in [1.807, 2.05) is 30.3 Å². The van der Waals surface area contributed by atoms with Gasteiger partial charge in [0, 0.05) is 11.6 Å². The number of nitrogens with one attached hydrogen (secondary N) is 1. The second-order valence-corrected chi connectivity index (χ2v) is 8.31. The molecule has 4 rings (SSSR count). The Morgan fingerprint density at radius 2 is 1.97 bits per heavy atom. The van der Waals surface area contributed by atoms with Crippen molar-refractivity contribution in [2.45, 2.75) is 11.4 Å². The molecule has 2 aromatic carbocycles. The highest BCUT2D eigenvalue weighted by Crippen LogP contribution is 2.28. The molecular weight excluding hydrogens is 464 g/mol. The van der Waals surface area contributed by atoms with E-state index < -0.39 is 0 Å². The Hall–Kier alpha value is -3.37. The molecule has 2 heterocycles. The molecule has 0 fully saturated rings. The third-order valence-electron chi connectivity index (χ3n) is 4.78. The van der Waals surface area contributed by atoms with E-state index in [0.717, 1.165) is 11.3 Å². The number of fused-ring (bicyclic) bond motifs is 1. The number of amides is 1. The molecule has 170 valence electrons. The number of methoxy groups -OCH3 is 2. The maximum atomic E-state index is 12.4. The Kier molecular flexibility index (Phi) is 7.26. The van der Waals surface area contributed by atoms with Crippen LogP contribution in [0.25, 0.3) is 16.9 Å². The third kappa shape index (κ3) is 5.35. The van der Waals surface area contributed by atoms with Crippen molar-refractivity contribution < 1.29 is 14.3 Å². The smallest absolute Gasteiger partial charge is 0.230 e. The van der Waals surface area contributed by atoms with Crippen LogP contribution in [-0.4, -0.2) is 57.4 Å². The largest absolute Gasteiger partial charge is 0.493 e. The Morgan fingerprint density at radius 1 is 1.12 bits per heavy atom. The van der Waals surface area contributed by atoms with Crippen LogP contribution in [-0.2, 0) is 11.2 Å². The number of aromatic nitrogens is 5. The fourth-order valence-corrected chi connectivity index (χ4v) is 4.13. The van der Waals surface area contributed by atoms with Crippen molar-refractivity contribution in [3.8, 4) is 17.2 Å². The number of thioether (sulfide) groups is 1. The van der Waals surface area contributed by atoms with E-state index in [9.17, 15) is 4.79 Å². The number of ether oxygens (including phenoxy) is 2. The van der Waals surface area contributed by atoms with Gasteiger partial charge in [-0.1, -0.05) is 40.7 Å². The lowest BCUT2D eigenvalue weighted by Gasteiger charge is -2.10. The van der Waals surface area contributed by atoms with Crippen LogP contribution in [0.1, 0.15) is 5.56 Å². The first kappa shape index (κ1) is 22.8. The van der Waals surface area contributed by atoms with Crippen LogP contribution < -0.4 is 14.8 Å². The number of carbonyl (C=O) groups is 1. The highest BCUT2D eigenvalue weighted by Gasteiger charge is 2.15. The standard InChI is InChI=1S/C22H21ClN6O3S/c1-31-17-7-6-14(10-18(17)32-2)8-9-24-19(30)12-33-22-20-21(25-13-26-22)29(28-27-20)16-5-3-4-15(23)11-16/h3-7,10-11,13H,8-9,12H2,1-2H3,(H,24,30). The lowest BCUT2D eigenvalue weighted by molar-refractivity contribution is -0.118. The monoisotopic (exact) mass is 484 g/mol. The lowest BCUT2D eigenvalue weighted by Crippen LogP contribution is -2.27. The SMILES string of the molecule is COc1ccc(CCNC(=O)CSc2ncnc3c2nnn3-c2cccc(Cl)c2)cc1OC. The number of carbonyl (C=O) groups excluding carboxylic acids is 1. The molecule has 11 heteroatoms. The van der Waals surface area contributed by atoms with Gasteiger partial charge in [-0.25, -0.2) is 9.97 Å². The molecule has 0 aliphatic carbocycles. The molecular formula is C22H21ClN6O3S. The summed E-state index contributed by atoms with van der Waals surface area (Å²) < 4.78 is 12.2. The molecule has 0 atom stereocenters. The van der Waals surface area contributed by atoms with Crippen molar-refractivity contribution >= 4 is 40.4 Å². The minimum atomic E-state index is -0.102. The molecule has 33 heavy (non-hydrogen) atoms. The van der Waals surface area contributed by atoms with Crippen LogP contribution >= 0.6 is 23.4 Å². The van der Waals surface area contributed by atoms with Crippen LogP contribution in [0.2, 0.25) is 5.02 Å². The number of halogens is 1. The van der Waals surface area contributed by atoms with Crippen molar-refractivity contribution in [3.05, 3.63) is 59.4 Å². The van der Waals surface area contributed by atoms with Gasteiger partial charge in [0.25, 0.3) is 0 Å². The second kappa shape index (κ2) is 10.5. The quantitative estimate of drug-likeness (QED) is 0.285. The van der Waals surface area contributed by atoms with Gasteiger partial charge in [-0.05, 0) is 42.3 Å². The van der Waals surface area contributed by atoms with Gasteiger partial charge in [0.1, 0.15) is 11.4 Å². The molecule has 2 aromatic heterocycles. The van der Waals surface area contributed by atoms with E-state index in [1.54, 1.807) is 31.0 Å². The summed E-state index contributed by atoms with van der Waals surface area (Å²) in [6.07, 6.45) is 2.10. The van der Waals surface area contributed by atoms with Crippen molar-refractivity contribution in [3.63, 3.8) is 0 Å². The lowest BCUT2D eigenvalue weighted by atomic mass is 10.1. The van der Waals surface area contributed by atoms with Crippen LogP contribution in [0.5, 0.6) is 11.5 Å². The van der Waals surface area contributed by atoms with E-state index in [1.165, 1.54) is 18.1 Å². The number of rotatable bonds is 9. The van der Waals surface area contributed by atoms with Crippen LogP contribution in [0.3, 0.4) is 0 Å². The highest BCUT2D eigenvalue weighted by molar-refractivity contribution is 8.00.